The second kappa shape index (κ2) is 5.28. The normalized spacial score (nSPS) is 16.9. The van der Waals surface area contributed by atoms with E-state index < -0.39 is 0 Å². The second-order valence-corrected chi connectivity index (χ2v) is 5.46. The van der Waals surface area contributed by atoms with Crippen molar-refractivity contribution in [2.45, 2.75) is 32.6 Å². The molecule has 1 aliphatic rings. The molecule has 0 spiro atoms. The summed E-state index contributed by atoms with van der Waals surface area (Å²) in [6.45, 7) is 5.55. The van der Waals surface area contributed by atoms with Crippen LogP contribution in [0.15, 0.2) is 12.1 Å². The van der Waals surface area contributed by atoms with E-state index in [1.54, 1.807) is 0 Å². The van der Waals surface area contributed by atoms with Gasteiger partial charge in [0.05, 0.1) is 11.6 Å². The highest BCUT2D eigenvalue weighted by molar-refractivity contribution is 6.32. The van der Waals surface area contributed by atoms with Gasteiger partial charge in [0.15, 0.2) is 0 Å². The van der Waals surface area contributed by atoms with Crippen LogP contribution in [0.1, 0.15) is 36.8 Å². The predicted octanol–water partition coefficient (Wildman–Crippen LogP) is 3.50. The van der Waals surface area contributed by atoms with Crippen LogP contribution in [-0.2, 0) is 0 Å². The minimum atomic E-state index is 0.279. The topological polar surface area (TPSA) is 35.2 Å². The van der Waals surface area contributed by atoms with E-state index in [4.69, 9.17) is 22.1 Å². The van der Waals surface area contributed by atoms with Crippen LogP contribution in [0, 0.1) is 12.8 Å². The highest BCUT2D eigenvalue weighted by atomic mass is 35.5. The Labute approximate surface area is 108 Å². The summed E-state index contributed by atoms with van der Waals surface area (Å²) >= 11 is 6.27. The lowest BCUT2D eigenvalue weighted by Crippen LogP contribution is -2.12. The smallest absolute Gasteiger partial charge is 0.141 e. The van der Waals surface area contributed by atoms with Crippen molar-refractivity contribution in [3.63, 3.8) is 0 Å². The van der Waals surface area contributed by atoms with Gasteiger partial charge >= 0.3 is 0 Å². The van der Waals surface area contributed by atoms with Crippen molar-refractivity contribution in [1.82, 2.24) is 0 Å². The first kappa shape index (κ1) is 12.7. The first-order chi connectivity index (χ1) is 8.11. The highest BCUT2D eigenvalue weighted by Gasteiger charge is 2.23. The van der Waals surface area contributed by atoms with E-state index in [0.717, 1.165) is 29.4 Å². The van der Waals surface area contributed by atoms with E-state index in [1.165, 1.54) is 12.8 Å². The number of ether oxygens (including phenoxy) is 1. The minimum absolute atomic E-state index is 0.279. The number of aryl methyl sites for hydroxylation is 1. The summed E-state index contributed by atoms with van der Waals surface area (Å²) in [6.07, 6.45) is 2.57. The van der Waals surface area contributed by atoms with Gasteiger partial charge in [-0.2, -0.15) is 0 Å². The summed E-state index contributed by atoms with van der Waals surface area (Å²) in [5, 5.41) is 0.709. The van der Waals surface area contributed by atoms with Gasteiger partial charge in [0.25, 0.3) is 0 Å². The van der Waals surface area contributed by atoms with Crippen molar-refractivity contribution in [2.75, 3.05) is 13.2 Å². The quantitative estimate of drug-likeness (QED) is 0.872. The van der Waals surface area contributed by atoms with Gasteiger partial charge < -0.3 is 10.5 Å². The fraction of sp³-hybridized carbons (Fsp3) is 0.571. The predicted molar refractivity (Wildman–Crippen MR) is 71.9 cm³/mol. The number of halogens is 1. The zero-order valence-electron chi connectivity index (χ0n) is 10.5. The Balaban J connectivity index is 2.24. The first-order valence-electron chi connectivity index (χ1n) is 6.24. The molecule has 1 aliphatic carbocycles. The van der Waals surface area contributed by atoms with E-state index in [9.17, 15) is 0 Å². The highest BCUT2D eigenvalue weighted by Crippen LogP contribution is 2.37. The molecular weight excluding hydrogens is 234 g/mol. The van der Waals surface area contributed by atoms with E-state index in [2.05, 4.69) is 13.0 Å². The van der Waals surface area contributed by atoms with Gasteiger partial charge in [-0.3, -0.25) is 0 Å². The second-order valence-electron chi connectivity index (χ2n) is 5.06. The van der Waals surface area contributed by atoms with Gasteiger partial charge in [0, 0.05) is 5.56 Å². The SMILES string of the molecule is Cc1cc(Cl)c(OCC2CC2)c(C(C)CN)c1. The molecule has 94 valence electrons. The fourth-order valence-corrected chi connectivity index (χ4v) is 2.22. The molecule has 17 heavy (non-hydrogen) atoms. The molecule has 2 rings (SSSR count). The summed E-state index contributed by atoms with van der Waals surface area (Å²) in [4.78, 5) is 0. The Kier molecular flexibility index (Phi) is 3.95. The molecule has 2 nitrogen and oxygen atoms in total. The molecule has 0 amide bonds. The maximum absolute atomic E-state index is 6.27. The van der Waals surface area contributed by atoms with Gasteiger partial charge in [0.1, 0.15) is 5.75 Å². The molecular formula is C14H20ClNO. The molecule has 1 atom stereocenters. The lowest BCUT2D eigenvalue weighted by Gasteiger charge is -2.18. The number of nitrogens with two attached hydrogens (primary N) is 1. The first-order valence-corrected chi connectivity index (χ1v) is 6.62. The monoisotopic (exact) mass is 253 g/mol. The Hall–Kier alpha value is -0.730. The lowest BCUT2D eigenvalue weighted by molar-refractivity contribution is 0.295. The largest absolute Gasteiger partial charge is 0.491 e. The summed E-state index contributed by atoms with van der Waals surface area (Å²) in [6, 6.07) is 4.09. The number of rotatable bonds is 5. The molecule has 3 heteroatoms. The molecule has 1 aromatic carbocycles. The average molecular weight is 254 g/mol. The molecule has 1 fully saturated rings. The van der Waals surface area contributed by atoms with Gasteiger partial charge in [0.2, 0.25) is 0 Å². The Morgan fingerprint density at radius 3 is 2.76 bits per heavy atom. The van der Waals surface area contributed by atoms with Gasteiger partial charge in [-0.15, -0.1) is 0 Å². The Morgan fingerprint density at radius 2 is 2.18 bits per heavy atom. The van der Waals surface area contributed by atoms with Crippen molar-refractivity contribution in [2.24, 2.45) is 11.7 Å². The molecule has 0 bridgehead atoms. The standard InChI is InChI=1S/C14H20ClNO/c1-9-5-12(10(2)7-16)14(13(15)6-9)17-8-11-3-4-11/h5-6,10-11H,3-4,7-8,16H2,1-2H3. The van der Waals surface area contributed by atoms with Crippen LogP contribution in [0.3, 0.4) is 0 Å². The number of hydrogen-bond donors (Lipinski definition) is 1. The van der Waals surface area contributed by atoms with E-state index >= 15 is 0 Å². The van der Waals surface area contributed by atoms with E-state index in [1.807, 2.05) is 13.0 Å². The zero-order valence-corrected chi connectivity index (χ0v) is 11.3. The van der Waals surface area contributed by atoms with Crippen molar-refractivity contribution in [3.8, 4) is 5.75 Å². The van der Waals surface area contributed by atoms with Crippen molar-refractivity contribution >= 4 is 11.6 Å². The third kappa shape index (κ3) is 3.14. The molecule has 0 saturated heterocycles. The van der Waals surface area contributed by atoms with Crippen molar-refractivity contribution < 1.29 is 4.74 Å². The number of benzene rings is 1. The molecule has 1 saturated carbocycles. The molecule has 1 unspecified atom stereocenters. The van der Waals surface area contributed by atoms with Gasteiger partial charge in [-0.25, -0.2) is 0 Å². The van der Waals surface area contributed by atoms with Crippen molar-refractivity contribution in [1.29, 1.82) is 0 Å². The van der Waals surface area contributed by atoms with Crippen LogP contribution >= 0.6 is 11.6 Å². The average Bonchev–Trinajstić information content (AvgIpc) is 3.09. The van der Waals surface area contributed by atoms with Gasteiger partial charge in [-0.1, -0.05) is 24.6 Å². The maximum atomic E-state index is 6.27. The zero-order chi connectivity index (χ0) is 12.4. The summed E-state index contributed by atoms with van der Waals surface area (Å²) in [7, 11) is 0. The third-order valence-corrected chi connectivity index (χ3v) is 3.54. The maximum Gasteiger partial charge on any atom is 0.141 e. The summed E-state index contributed by atoms with van der Waals surface area (Å²) in [5.74, 6) is 1.84. The van der Waals surface area contributed by atoms with Crippen LogP contribution in [0.5, 0.6) is 5.75 Å². The molecule has 1 aromatic rings. The molecule has 0 aliphatic heterocycles. The van der Waals surface area contributed by atoms with Crippen molar-refractivity contribution in [3.05, 3.63) is 28.3 Å². The summed E-state index contributed by atoms with van der Waals surface area (Å²) in [5.41, 5.74) is 8.04. The Morgan fingerprint density at radius 1 is 1.47 bits per heavy atom. The van der Waals surface area contributed by atoms with Crippen LogP contribution in [-0.4, -0.2) is 13.2 Å². The van der Waals surface area contributed by atoms with Crippen LogP contribution in [0.2, 0.25) is 5.02 Å². The lowest BCUT2D eigenvalue weighted by atomic mass is 9.98. The molecule has 2 N–H and O–H groups in total. The minimum Gasteiger partial charge on any atom is -0.491 e. The number of hydrogen-bond acceptors (Lipinski definition) is 2. The van der Waals surface area contributed by atoms with Crippen LogP contribution < -0.4 is 10.5 Å². The molecule has 0 radical (unpaired) electrons. The fourth-order valence-electron chi connectivity index (χ4n) is 1.89. The summed E-state index contributed by atoms with van der Waals surface area (Å²) < 4.78 is 5.88. The Bertz CT molecular complexity index is 401. The van der Waals surface area contributed by atoms with Crippen LogP contribution in [0.25, 0.3) is 0 Å². The molecule has 0 aromatic heterocycles. The molecule has 0 heterocycles. The third-order valence-electron chi connectivity index (χ3n) is 3.26. The van der Waals surface area contributed by atoms with E-state index in [0.29, 0.717) is 11.6 Å². The van der Waals surface area contributed by atoms with Gasteiger partial charge in [-0.05, 0) is 49.8 Å². The van der Waals surface area contributed by atoms with Crippen LogP contribution in [0.4, 0.5) is 0 Å². The van der Waals surface area contributed by atoms with E-state index in [-0.39, 0.29) is 5.92 Å².